The number of hydrogen-bond donors (Lipinski definition) is 1. The van der Waals surface area contributed by atoms with Crippen molar-refractivity contribution in [1.82, 2.24) is 0 Å². The highest BCUT2D eigenvalue weighted by Gasteiger charge is 2.05. The molecule has 0 saturated carbocycles. The molecule has 0 fully saturated rings. The van der Waals surface area contributed by atoms with Crippen LogP contribution >= 0.6 is 0 Å². The zero-order valence-electron chi connectivity index (χ0n) is 7.86. The summed E-state index contributed by atoms with van der Waals surface area (Å²) in [6.45, 7) is 4.21. The molecule has 1 aromatic carbocycles. The third kappa shape index (κ3) is 2.64. The Labute approximate surface area is 81.3 Å². The molecule has 0 aliphatic carbocycles. The van der Waals surface area contributed by atoms with Crippen LogP contribution in [0.2, 0.25) is 0 Å². The van der Waals surface area contributed by atoms with Crippen molar-refractivity contribution in [3.63, 3.8) is 0 Å². The van der Waals surface area contributed by atoms with Gasteiger partial charge >= 0.3 is 0 Å². The largest absolute Gasteiger partial charge is 0.302 e. The fourth-order valence-electron chi connectivity index (χ4n) is 1.17. The first-order chi connectivity index (χ1) is 6.15. The lowest BCUT2D eigenvalue weighted by Crippen LogP contribution is -1.94. The van der Waals surface area contributed by atoms with E-state index >= 15 is 0 Å². The summed E-state index contributed by atoms with van der Waals surface area (Å²) in [7, 11) is 0. The molecule has 72 valence electrons. The van der Waals surface area contributed by atoms with Gasteiger partial charge in [0.1, 0.15) is 0 Å². The lowest BCUT2D eigenvalue weighted by molar-refractivity contribution is 0.564. The normalized spacial score (nSPS) is 15.3. The summed E-state index contributed by atoms with van der Waals surface area (Å²) in [4.78, 5) is 0.484. The average Bonchev–Trinajstić information content (AvgIpc) is 2.17. The quantitative estimate of drug-likeness (QED) is 0.758. The summed E-state index contributed by atoms with van der Waals surface area (Å²) >= 11 is -1.86. The van der Waals surface area contributed by atoms with Gasteiger partial charge in [-0.15, -0.1) is 0 Å². The summed E-state index contributed by atoms with van der Waals surface area (Å²) in [5, 5.41) is 0. The van der Waals surface area contributed by atoms with E-state index in [9.17, 15) is 4.21 Å². The Kier molecular flexibility index (Phi) is 3.63. The van der Waals surface area contributed by atoms with Gasteiger partial charge in [-0.2, -0.15) is 0 Å². The zero-order chi connectivity index (χ0) is 9.84. The van der Waals surface area contributed by atoms with Gasteiger partial charge in [0.2, 0.25) is 0 Å². The molecule has 0 aliphatic rings. The maximum Gasteiger partial charge on any atom is 0.186 e. The Morgan fingerprint density at radius 3 is 2.77 bits per heavy atom. The van der Waals surface area contributed by atoms with Crippen molar-refractivity contribution in [1.29, 1.82) is 0 Å². The van der Waals surface area contributed by atoms with Crippen LogP contribution < -0.4 is 0 Å². The van der Waals surface area contributed by atoms with Crippen molar-refractivity contribution < 1.29 is 8.76 Å². The minimum absolute atomic E-state index is 0.448. The van der Waals surface area contributed by atoms with Gasteiger partial charge in [0.05, 0.1) is 4.90 Å². The van der Waals surface area contributed by atoms with Crippen LogP contribution in [-0.2, 0) is 11.1 Å². The van der Waals surface area contributed by atoms with Crippen LogP contribution in [0.25, 0.3) is 0 Å². The maximum atomic E-state index is 10.8. The van der Waals surface area contributed by atoms with E-state index in [1.807, 2.05) is 12.1 Å². The monoisotopic (exact) mass is 198 g/mol. The molecule has 0 amide bonds. The highest BCUT2D eigenvalue weighted by molar-refractivity contribution is 7.79. The highest BCUT2D eigenvalue weighted by atomic mass is 32.2. The lowest BCUT2D eigenvalue weighted by Gasteiger charge is -2.08. The second-order valence-electron chi connectivity index (χ2n) is 3.13. The first-order valence-electron chi connectivity index (χ1n) is 4.36. The lowest BCUT2D eigenvalue weighted by atomic mass is 9.99. The van der Waals surface area contributed by atoms with E-state index in [0.717, 1.165) is 12.0 Å². The predicted octanol–water partition coefficient (Wildman–Crippen LogP) is 2.78. The SMILES string of the molecule is CCC(C)c1cccc(S(=O)O)c1. The van der Waals surface area contributed by atoms with Crippen molar-refractivity contribution >= 4 is 11.1 Å². The second kappa shape index (κ2) is 4.53. The van der Waals surface area contributed by atoms with Gasteiger partial charge in [0, 0.05) is 0 Å². The van der Waals surface area contributed by atoms with Crippen LogP contribution in [0.3, 0.4) is 0 Å². The molecule has 1 rings (SSSR count). The topological polar surface area (TPSA) is 37.3 Å². The molecule has 13 heavy (non-hydrogen) atoms. The maximum absolute atomic E-state index is 10.8. The molecule has 0 heterocycles. The van der Waals surface area contributed by atoms with E-state index in [1.165, 1.54) is 0 Å². The van der Waals surface area contributed by atoms with Crippen LogP contribution in [0, 0.1) is 0 Å². The summed E-state index contributed by atoms with van der Waals surface area (Å²) in [6.07, 6.45) is 1.04. The van der Waals surface area contributed by atoms with E-state index in [-0.39, 0.29) is 0 Å². The molecular weight excluding hydrogens is 184 g/mol. The smallest absolute Gasteiger partial charge is 0.186 e. The van der Waals surface area contributed by atoms with Crippen LogP contribution in [-0.4, -0.2) is 8.76 Å². The number of rotatable bonds is 3. The molecule has 2 unspecified atom stereocenters. The standard InChI is InChI=1S/C10H14O2S/c1-3-8(2)9-5-4-6-10(7-9)13(11)12/h4-8H,3H2,1-2H3,(H,11,12). The predicted molar refractivity (Wildman–Crippen MR) is 54.2 cm³/mol. The molecule has 2 atom stereocenters. The van der Waals surface area contributed by atoms with Crippen LogP contribution in [0.5, 0.6) is 0 Å². The van der Waals surface area contributed by atoms with Crippen molar-refractivity contribution in [3.8, 4) is 0 Å². The van der Waals surface area contributed by atoms with Gasteiger partial charge in [0.25, 0.3) is 0 Å². The highest BCUT2D eigenvalue weighted by Crippen LogP contribution is 2.20. The Balaban J connectivity index is 2.98. The molecule has 1 N–H and O–H groups in total. The van der Waals surface area contributed by atoms with E-state index in [2.05, 4.69) is 13.8 Å². The zero-order valence-corrected chi connectivity index (χ0v) is 8.67. The van der Waals surface area contributed by atoms with Gasteiger partial charge in [-0.05, 0) is 30.0 Å². The van der Waals surface area contributed by atoms with Gasteiger partial charge in [0.15, 0.2) is 11.1 Å². The fourth-order valence-corrected chi connectivity index (χ4v) is 1.60. The van der Waals surface area contributed by atoms with Crippen molar-refractivity contribution in [2.45, 2.75) is 31.1 Å². The third-order valence-electron chi connectivity index (χ3n) is 2.24. The minimum Gasteiger partial charge on any atom is -0.302 e. The summed E-state index contributed by atoms with van der Waals surface area (Å²) in [5.41, 5.74) is 1.13. The number of benzene rings is 1. The van der Waals surface area contributed by atoms with Crippen LogP contribution in [0.4, 0.5) is 0 Å². The van der Waals surface area contributed by atoms with E-state index < -0.39 is 11.1 Å². The van der Waals surface area contributed by atoms with Gasteiger partial charge in [-0.3, -0.25) is 0 Å². The molecule has 0 spiro atoms. The fraction of sp³-hybridized carbons (Fsp3) is 0.400. The van der Waals surface area contributed by atoms with Crippen molar-refractivity contribution in [2.24, 2.45) is 0 Å². The number of hydrogen-bond acceptors (Lipinski definition) is 1. The third-order valence-corrected chi connectivity index (χ3v) is 2.90. The first-order valence-corrected chi connectivity index (χ1v) is 5.46. The van der Waals surface area contributed by atoms with E-state index in [1.54, 1.807) is 12.1 Å². The molecule has 0 aromatic heterocycles. The minimum atomic E-state index is -1.86. The summed E-state index contributed by atoms with van der Waals surface area (Å²) in [5.74, 6) is 0.448. The Morgan fingerprint density at radius 1 is 1.54 bits per heavy atom. The van der Waals surface area contributed by atoms with E-state index in [4.69, 9.17) is 4.55 Å². The summed E-state index contributed by atoms with van der Waals surface area (Å²) < 4.78 is 19.7. The molecule has 0 bridgehead atoms. The molecular formula is C10H14O2S. The van der Waals surface area contributed by atoms with Crippen molar-refractivity contribution in [3.05, 3.63) is 29.8 Å². The average molecular weight is 198 g/mol. The van der Waals surface area contributed by atoms with Gasteiger partial charge < -0.3 is 4.55 Å². The Morgan fingerprint density at radius 2 is 2.23 bits per heavy atom. The van der Waals surface area contributed by atoms with Crippen molar-refractivity contribution in [2.75, 3.05) is 0 Å². The molecule has 1 aromatic rings. The van der Waals surface area contributed by atoms with Crippen LogP contribution in [0.1, 0.15) is 31.7 Å². The van der Waals surface area contributed by atoms with E-state index in [0.29, 0.717) is 10.8 Å². The molecule has 0 aliphatic heterocycles. The molecule has 0 saturated heterocycles. The Bertz CT molecular complexity index is 310. The van der Waals surface area contributed by atoms with Gasteiger partial charge in [-0.1, -0.05) is 26.0 Å². The first kappa shape index (κ1) is 10.4. The summed E-state index contributed by atoms with van der Waals surface area (Å²) in [6, 6.07) is 7.28. The molecule has 3 heteroatoms. The molecule has 0 radical (unpaired) electrons. The Hall–Kier alpha value is -0.670. The van der Waals surface area contributed by atoms with Crippen LogP contribution in [0.15, 0.2) is 29.2 Å². The van der Waals surface area contributed by atoms with Gasteiger partial charge in [-0.25, -0.2) is 4.21 Å². The second-order valence-corrected chi connectivity index (χ2v) is 4.10. The molecule has 2 nitrogen and oxygen atoms in total.